The topological polar surface area (TPSA) is 63.6 Å². The summed E-state index contributed by atoms with van der Waals surface area (Å²) in [4.78, 5) is 21.7. The molecule has 2 unspecified atom stereocenters. The van der Waals surface area contributed by atoms with Crippen LogP contribution in [0.15, 0.2) is 0 Å². The monoisotopic (exact) mass is 280 g/mol. The highest BCUT2D eigenvalue weighted by Gasteiger charge is 2.25. The van der Waals surface area contributed by atoms with Crippen LogP contribution in [0.5, 0.6) is 0 Å². The van der Waals surface area contributed by atoms with Crippen LogP contribution in [0.2, 0.25) is 0 Å². The smallest absolute Gasteiger partial charge is 0.345 e. The lowest BCUT2D eigenvalue weighted by atomic mass is 10.1. The molecule has 88 valence electrons. The molecule has 0 saturated heterocycles. The molecule has 15 heavy (non-hydrogen) atoms. The molecule has 0 rings (SSSR count). The fourth-order valence-corrected chi connectivity index (χ4v) is 1.12. The van der Waals surface area contributed by atoms with Gasteiger partial charge in [0.15, 0.2) is 6.10 Å². The molecule has 0 amide bonds. The molecule has 0 aromatic heterocycles. The largest absolute Gasteiger partial charge is 0.479 e. The lowest BCUT2D eigenvalue weighted by Gasteiger charge is -2.17. The van der Waals surface area contributed by atoms with Crippen LogP contribution in [0.1, 0.15) is 33.6 Å². The maximum Gasteiger partial charge on any atom is 0.345 e. The van der Waals surface area contributed by atoms with Crippen LogP contribution in [-0.4, -0.2) is 28.0 Å². The average Bonchev–Trinajstić information content (AvgIpc) is 2.14. The number of carboxylic acid groups (broad SMARTS) is 1. The maximum atomic E-state index is 11.3. The number of carbonyl (C=O) groups excluding carboxylic acids is 1. The minimum Gasteiger partial charge on any atom is -0.479 e. The fourth-order valence-electron chi connectivity index (χ4n) is 1.01. The van der Waals surface area contributed by atoms with Gasteiger partial charge in [-0.05, 0) is 18.8 Å². The molecular weight excluding hydrogens is 264 g/mol. The van der Waals surface area contributed by atoms with Gasteiger partial charge in [0.05, 0.1) is 0 Å². The van der Waals surface area contributed by atoms with E-state index in [9.17, 15) is 9.59 Å². The van der Waals surface area contributed by atoms with E-state index in [0.717, 1.165) is 0 Å². The molecule has 1 N–H and O–H groups in total. The lowest BCUT2D eigenvalue weighted by molar-refractivity contribution is -0.164. The number of hydrogen-bond donors (Lipinski definition) is 1. The van der Waals surface area contributed by atoms with E-state index in [1.165, 1.54) is 0 Å². The Morgan fingerprint density at radius 2 is 1.93 bits per heavy atom. The molecule has 0 fully saturated rings. The van der Waals surface area contributed by atoms with Crippen LogP contribution in [0.3, 0.4) is 0 Å². The van der Waals surface area contributed by atoms with Crippen molar-refractivity contribution >= 4 is 27.9 Å². The van der Waals surface area contributed by atoms with Gasteiger partial charge in [0.25, 0.3) is 0 Å². The molecule has 0 aliphatic heterocycles. The van der Waals surface area contributed by atoms with Crippen molar-refractivity contribution in [1.82, 2.24) is 0 Å². The van der Waals surface area contributed by atoms with E-state index in [2.05, 4.69) is 15.9 Å². The van der Waals surface area contributed by atoms with Gasteiger partial charge in [-0.1, -0.05) is 36.7 Å². The summed E-state index contributed by atoms with van der Waals surface area (Å²) in [7, 11) is 0. The number of hydrogen-bond acceptors (Lipinski definition) is 3. The number of esters is 1. The van der Waals surface area contributed by atoms with Gasteiger partial charge < -0.3 is 9.84 Å². The molecule has 0 aliphatic rings. The number of alkyl halides is 1. The van der Waals surface area contributed by atoms with Crippen LogP contribution < -0.4 is 0 Å². The number of halogens is 1. The van der Waals surface area contributed by atoms with Crippen LogP contribution in [0, 0.1) is 5.92 Å². The van der Waals surface area contributed by atoms with E-state index in [-0.39, 0.29) is 5.92 Å². The molecule has 4 nitrogen and oxygen atoms in total. The summed E-state index contributed by atoms with van der Waals surface area (Å²) in [6.45, 7) is 5.59. The Morgan fingerprint density at radius 1 is 1.40 bits per heavy atom. The SMILES string of the molecule is CCC(Br)C(=O)OC(CC(C)C)C(=O)O. The van der Waals surface area contributed by atoms with Gasteiger partial charge >= 0.3 is 11.9 Å². The van der Waals surface area contributed by atoms with Crippen molar-refractivity contribution in [2.45, 2.75) is 44.5 Å². The molecule has 0 radical (unpaired) electrons. The number of carbonyl (C=O) groups is 2. The summed E-state index contributed by atoms with van der Waals surface area (Å²) in [5.74, 6) is -1.42. The summed E-state index contributed by atoms with van der Waals surface area (Å²) in [6.07, 6.45) is -0.124. The molecule has 0 aromatic rings. The number of ether oxygens (including phenoxy) is 1. The Balaban J connectivity index is 4.29. The van der Waals surface area contributed by atoms with Crippen molar-refractivity contribution in [3.63, 3.8) is 0 Å². The second-order valence-corrected chi connectivity index (χ2v) is 4.87. The van der Waals surface area contributed by atoms with E-state index in [4.69, 9.17) is 9.84 Å². The van der Waals surface area contributed by atoms with Gasteiger partial charge in [0, 0.05) is 0 Å². The molecule has 0 spiro atoms. The summed E-state index contributed by atoms with van der Waals surface area (Å²) in [6, 6.07) is 0. The third-order valence-electron chi connectivity index (χ3n) is 1.83. The highest BCUT2D eigenvalue weighted by Crippen LogP contribution is 2.13. The summed E-state index contributed by atoms with van der Waals surface area (Å²) in [5.41, 5.74) is 0. The fraction of sp³-hybridized carbons (Fsp3) is 0.800. The van der Waals surface area contributed by atoms with Gasteiger partial charge in [0.1, 0.15) is 4.83 Å². The Labute approximate surface area is 98.1 Å². The van der Waals surface area contributed by atoms with E-state index >= 15 is 0 Å². The van der Waals surface area contributed by atoms with Gasteiger partial charge in [-0.25, -0.2) is 4.79 Å². The lowest BCUT2D eigenvalue weighted by Crippen LogP contribution is -2.31. The van der Waals surface area contributed by atoms with Crippen molar-refractivity contribution in [2.75, 3.05) is 0 Å². The first-order valence-electron chi connectivity index (χ1n) is 4.95. The molecule has 0 aromatic carbocycles. The van der Waals surface area contributed by atoms with E-state index in [1.807, 2.05) is 20.8 Å². The van der Waals surface area contributed by atoms with Crippen molar-refractivity contribution < 1.29 is 19.4 Å². The Bertz CT molecular complexity index is 227. The summed E-state index contributed by atoms with van der Waals surface area (Å²) < 4.78 is 4.89. The first-order valence-corrected chi connectivity index (χ1v) is 5.87. The zero-order valence-corrected chi connectivity index (χ0v) is 10.8. The first kappa shape index (κ1) is 14.4. The van der Waals surface area contributed by atoms with Crippen LogP contribution in [-0.2, 0) is 14.3 Å². The molecule has 0 heterocycles. The zero-order valence-electron chi connectivity index (χ0n) is 9.20. The van der Waals surface area contributed by atoms with E-state index in [0.29, 0.717) is 12.8 Å². The Morgan fingerprint density at radius 3 is 2.27 bits per heavy atom. The second kappa shape index (κ2) is 6.82. The third kappa shape index (κ3) is 5.77. The number of rotatable bonds is 6. The molecule has 0 aliphatic carbocycles. The molecule has 2 atom stereocenters. The van der Waals surface area contributed by atoms with Gasteiger partial charge in [-0.15, -0.1) is 0 Å². The predicted octanol–water partition coefficient (Wildman–Crippen LogP) is 2.20. The van der Waals surface area contributed by atoms with Crippen molar-refractivity contribution in [3.8, 4) is 0 Å². The van der Waals surface area contributed by atoms with Crippen molar-refractivity contribution in [1.29, 1.82) is 0 Å². The molecule has 0 bridgehead atoms. The van der Waals surface area contributed by atoms with Gasteiger partial charge in [-0.2, -0.15) is 0 Å². The predicted molar refractivity (Wildman–Crippen MR) is 60.0 cm³/mol. The van der Waals surface area contributed by atoms with Gasteiger partial charge in [-0.3, -0.25) is 4.79 Å². The third-order valence-corrected chi connectivity index (χ3v) is 2.85. The van der Waals surface area contributed by atoms with Crippen molar-refractivity contribution in [2.24, 2.45) is 5.92 Å². The molecule has 0 saturated carbocycles. The Kier molecular flexibility index (Phi) is 6.56. The highest BCUT2D eigenvalue weighted by atomic mass is 79.9. The number of carboxylic acids is 1. The average molecular weight is 281 g/mol. The minimum atomic E-state index is -1.09. The maximum absolute atomic E-state index is 11.3. The first-order chi connectivity index (χ1) is 6.88. The Hall–Kier alpha value is -0.580. The van der Waals surface area contributed by atoms with Crippen molar-refractivity contribution in [3.05, 3.63) is 0 Å². The zero-order chi connectivity index (χ0) is 12.0. The minimum absolute atomic E-state index is 0.175. The summed E-state index contributed by atoms with van der Waals surface area (Å²) in [5, 5.41) is 8.83. The van der Waals surface area contributed by atoms with Crippen LogP contribution in [0.25, 0.3) is 0 Å². The van der Waals surface area contributed by atoms with E-state index < -0.39 is 22.9 Å². The summed E-state index contributed by atoms with van der Waals surface area (Å²) >= 11 is 3.12. The molecule has 5 heteroatoms. The van der Waals surface area contributed by atoms with Gasteiger partial charge in [0.2, 0.25) is 0 Å². The second-order valence-electron chi connectivity index (χ2n) is 3.77. The van der Waals surface area contributed by atoms with Crippen LogP contribution in [0.4, 0.5) is 0 Å². The van der Waals surface area contributed by atoms with Crippen LogP contribution >= 0.6 is 15.9 Å². The highest BCUT2D eigenvalue weighted by molar-refractivity contribution is 9.10. The standard InChI is InChI=1S/C10H17BrO4/c1-4-7(11)10(14)15-8(9(12)13)5-6(2)3/h6-8H,4-5H2,1-3H3,(H,12,13). The quantitative estimate of drug-likeness (QED) is 0.599. The molecular formula is C10H17BrO4. The number of aliphatic carboxylic acids is 1. The normalized spacial score (nSPS) is 14.7. The van der Waals surface area contributed by atoms with E-state index in [1.54, 1.807) is 0 Å².